The number of rotatable bonds is 2. The van der Waals surface area contributed by atoms with Gasteiger partial charge in [0.1, 0.15) is 0 Å². The van der Waals surface area contributed by atoms with E-state index in [1.165, 1.54) is 121 Å². The highest BCUT2D eigenvalue weighted by Crippen LogP contribution is 2.66. The molecule has 0 amide bonds. The van der Waals surface area contributed by atoms with Gasteiger partial charge in [-0.3, -0.25) is 0 Å². The number of hydrogen-bond donors (Lipinski definition) is 0. The van der Waals surface area contributed by atoms with E-state index in [-0.39, 0.29) is 0 Å². The number of hydrogen-bond acceptors (Lipinski definition) is 0. The molecule has 252 valence electrons. The van der Waals surface area contributed by atoms with Crippen molar-refractivity contribution in [2.24, 2.45) is 0 Å². The molecule has 0 aliphatic heterocycles. The Balaban J connectivity index is 1.18. The van der Waals surface area contributed by atoms with Crippen molar-refractivity contribution >= 4 is 53.9 Å². The standard InChI is InChI=1S/C55H32/c1-3-16-41-33(11-1)13-10-20-43(41)47-31-37-12-2-4-17-42(37)53-46-28-27-36(40-29-38-25-23-34-14-9-15-35-24-26-39(30-40)52(38)51(34)35)32-50(46)55(54(47)53)48-21-7-5-18-44(48)45-19-6-8-22-49(45)55/h1-32H. The molecule has 1 spiro atoms. The normalized spacial score (nSPS) is 13.6. The summed E-state index contributed by atoms with van der Waals surface area (Å²) in [6, 6.07) is 73.6. The van der Waals surface area contributed by atoms with Crippen molar-refractivity contribution < 1.29 is 0 Å². The first-order valence-corrected chi connectivity index (χ1v) is 19.3. The topological polar surface area (TPSA) is 0 Å². The van der Waals surface area contributed by atoms with Crippen molar-refractivity contribution in [3.8, 4) is 44.5 Å². The fourth-order valence-electron chi connectivity index (χ4n) is 10.8. The second-order valence-corrected chi connectivity index (χ2v) is 15.5. The van der Waals surface area contributed by atoms with Gasteiger partial charge in [0.25, 0.3) is 0 Å². The predicted molar refractivity (Wildman–Crippen MR) is 232 cm³/mol. The molecule has 0 fully saturated rings. The largest absolute Gasteiger partial charge is 0.0731 e. The van der Waals surface area contributed by atoms with Crippen molar-refractivity contribution in [3.05, 3.63) is 216 Å². The second kappa shape index (κ2) is 10.6. The van der Waals surface area contributed by atoms with E-state index < -0.39 is 5.41 Å². The minimum absolute atomic E-state index is 0.514. The summed E-state index contributed by atoms with van der Waals surface area (Å²) in [6.45, 7) is 0. The highest BCUT2D eigenvalue weighted by molar-refractivity contribution is 6.24. The van der Waals surface area contributed by atoms with E-state index in [2.05, 4.69) is 194 Å². The van der Waals surface area contributed by atoms with Crippen molar-refractivity contribution in [1.29, 1.82) is 0 Å². The average molecular weight is 693 g/mol. The average Bonchev–Trinajstić information content (AvgIpc) is 3.72. The Morgan fingerprint density at radius 1 is 0.273 bits per heavy atom. The van der Waals surface area contributed by atoms with Gasteiger partial charge in [-0.15, -0.1) is 0 Å². The van der Waals surface area contributed by atoms with E-state index >= 15 is 0 Å². The van der Waals surface area contributed by atoms with Crippen LogP contribution in [0.5, 0.6) is 0 Å². The molecule has 0 nitrogen and oxygen atoms in total. The molecule has 0 heteroatoms. The third-order valence-corrected chi connectivity index (χ3v) is 12.9. The molecule has 2 aliphatic rings. The Bertz CT molecular complexity index is 3320. The molecule has 2 aliphatic carbocycles. The molecule has 0 N–H and O–H groups in total. The number of fused-ring (bicyclic) bond motifs is 13. The molecule has 0 heterocycles. The highest BCUT2D eigenvalue weighted by Gasteiger charge is 2.53. The van der Waals surface area contributed by atoms with Crippen molar-refractivity contribution in [1.82, 2.24) is 0 Å². The van der Waals surface area contributed by atoms with Crippen LogP contribution in [0.3, 0.4) is 0 Å². The lowest BCUT2D eigenvalue weighted by Crippen LogP contribution is -2.26. The maximum absolute atomic E-state index is 2.54. The molecule has 55 heavy (non-hydrogen) atoms. The van der Waals surface area contributed by atoms with Crippen LogP contribution in [0.1, 0.15) is 22.3 Å². The van der Waals surface area contributed by atoms with Crippen LogP contribution in [-0.4, -0.2) is 0 Å². The predicted octanol–water partition coefficient (Wildman–Crippen LogP) is 14.6. The molecular formula is C55H32. The van der Waals surface area contributed by atoms with E-state index in [1.54, 1.807) is 0 Å². The van der Waals surface area contributed by atoms with Crippen molar-refractivity contribution in [2.45, 2.75) is 5.41 Å². The van der Waals surface area contributed by atoms with Crippen LogP contribution in [0.15, 0.2) is 194 Å². The van der Waals surface area contributed by atoms with E-state index in [0.29, 0.717) is 0 Å². The highest BCUT2D eigenvalue weighted by atomic mass is 14.5. The molecule has 11 aromatic carbocycles. The third kappa shape index (κ3) is 3.71. The maximum Gasteiger partial charge on any atom is 0.0731 e. The molecule has 0 unspecified atom stereocenters. The summed E-state index contributed by atoms with van der Waals surface area (Å²) >= 11 is 0. The van der Waals surface area contributed by atoms with Crippen LogP contribution in [-0.2, 0) is 5.41 Å². The smallest absolute Gasteiger partial charge is 0.0619 e. The lowest BCUT2D eigenvalue weighted by Gasteiger charge is -2.33. The van der Waals surface area contributed by atoms with Crippen LogP contribution < -0.4 is 0 Å². The van der Waals surface area contributed by atoms with Crippen LogP contribution in [0, 0.1) is 0 Å². The third-order valence-electron chi connectivity index (χ3n) is 12.9. The summed E-state index contributed by atoms with van der Waals surface area (Å²) in [4.78, 5) is 0. The molecule has 0 radical (unpaired) electrons. The number of benzene rings is 11. The van der Waals surface area contributed by atoms with E-state index in [0.717, 1.165) is 0 Å². The van der Waals surface area contributed by atoms with Crippen LogP contribution in [0.25, 0.3) is 98.4 Å². The minimum Gasteiger partial charge on any atom is -0.0619 e. The molecule has 11 aromatic rings. The molecule has 0 atom stereocenters. The van der Waals surface area contributed by atoms with Gasteiger partial charge in [-0.05, 0) is 145 Å². The van der Waals surface area contributed by atoms with Crippen molar-refractivity contribution in [3.63, 3.8) is 0 Å². The SMILES string of the molecule is c1ccc2c(c1)-c1ccccc1C21c2cc(-c3cc4ccc5cccc6ccc(c3)c4c56)ccc2-c2c1c(-c1cccc3ccccc13)cc1ccccc21. The van der Waals surface area contributed by atoms with E-state index in [1.807, 2.05) is 0 Å². The van der Waals surface area contributed by atoms with E-state index in [9.17, 15) is 0 Å². The Labute approximate surface area is 318 Å². The van der Waals surface area contributed by atoms with Gasteiger partial charge in [0.2, 0.25) is 0 Å². The lowest BCUT2D eigenvalue weighted by atomic mass is 9.68. The van der Waals surface area contributed by atoms with E-state index in [4.69, 9.17) is 0 Å². The molecule has 13 rings (SSSR count). The molecule has 0 saturated heterocycles. The quantitative estimate of drug-likeness (QED) is 0.158. The Morgan fingerprint density at radius 2 is 0.818 bits per heavy atom. The first kappa shape index (κ1) is 29.4. The summed E-state index contributed by atoms with van der Waals surface area (Å²) in [5.41, 5.74) is 15.4. The minimum atomic E-state index is -0.514. The zero-order valence-corrected chi connectivity index (χ0v) is 30.0. The van der Waals surface area contributed by atoms with Gasteiger partial charge >= 0.3 is 0 Å². The Morgan fingerprint density at radius 3 is 1.56 bits per heavy atom. The summed E-state index contributed by atoms with van der Waals surface area (Å²) in [6.07, 6.45) is 0. The second-order valence-electron chi connectivity index (χ2n) is 15.5. The maximum atomic E-state index is 2.54. The molecule has 0 bridgehead atoms. The van der Waals surface area contributed by atoms with Crippen LogP contribution in [0.2, 0.25) is 0 Å². The van der Waals surface area contributed by atoms with Gasteiger partial charge in [-0.25, -0.2) is 0 Å². The summed E-state index contributed by atoms with van der Waals surface area (Å²) in [7, 11) is 0. The van der Waals surface area contributed by atoms with Gasteiger partial charge in [0, 0.05) is 0 Å². The van der Waals surface area contributed by atoms with Gasteiger partial charge in [-0.1, -0.05) is 170 Å². The fraction of sp³-hybridized carbons (Fsp3) is 0.0182. The van der Waals surface area contributed by atoms with Crippen molar-refractivity contribution in [2.75, 3.05) is 0 Å². The van der Waals surface area contributed by atoms with Gasteiger partial charge in [0.05, 0.1) is 5.41 Å². The Hall–Kier alpha value is -7.02. The van der Waals surface area contributed by atoms with Gasteiger partial charge in [-0.2, -0.15) is 0 Å². The first-order chi connectivity index (χ1) is 27.3. The van der Waals surface area contributed by atoms with Gasteiger partial charge < -0.3 is 0 Å². The summed E-state index contributed by atoms with van der Waals surface area (Å²) < 4.78 is 0. The van der Waals surface area contributed by atoms with Gasteiger partial charge in [0.15, 0.2) is 0 Å². The zero-order chi connectivity index (χ0) is 35.8. The zero-order valence-electron chi connectivity index (χ0n) is 30.0. The molecule has 0 saturated carbocycles. The first-order valence-electron chi connectivity index (χ1n) is 19.3. The Kier molecular flexibility index (Phi) is 5.65. The monoisotopic (exact) mass is 692 g/mol. The lowest BCUT2D eigenvalue weighted by molar-refractivity contribution is 0.797. The summed E-state index contributed by atoms with van der Waals surface area (Å²) in [5.74, 6) is 0. The fourth-order valence-corrected chi connectivity index (χ4v) is 10.8. The molecule has 0 aromatic heterocycles. The molecular weight excluding hydrogens is 661 g/mol. The summed E-state index contributed by atoms with van der Waals surface area (Å²) in [5, 5.41) is 13.0. The van der Waals surface area contributed by atoms with Crippen LogP contribution in [0.4, 0.5) is 0 Å². The van der Waals surface area contributed by atoms with Crippen LogP contribution >= 0.6 is 0 Å².